The lowest BCUT2D eigenvalue weighted by Crippen LogP contribution is -2.54. The van der Waals surface area contributed by atoms with Crippen molar-refractivity contribution in [1.82, 2.24) is 30.1 Å². The van der Waals surface area contributed by atoms with Crippen LogP contribution < -0.4 is 15.5 Å². The Kier molecular flexibility index (Phi) is 4.39. The highest BCUT2D eigenvalue weighted by molar-refractivity contribution is 5.96. The minimum atomic E-state index is 0.473. The molecule has 1 aliphatic rings. The monoisotopic (exact) mass is 404 g/mol. The van der Waals surface area contributed by atoms with Crippen LogP contribution in [0.3, 0.4) is 0 Å². The van der Waals surface area contributed by atoms with Gasteiger partial charge in [-0.25, -0.2) is 4.52 Å². The third-order valence-electron chi connectivity index (χ3n) is 5.77. The molecule has 3 N–H and O–H groups in total. The molecule has 0 unspecified atom stereocenters. The van der Waals surface area contributed by atoms with Crippen molar-refractivity contribution in [1.29, 1.82) is 0 Å². The summed E-state index contributed by atoms with van der Waals surface area (Å²) in [6, 6.07) is 7.41. The van der Waals surface area contributed by atoms with Crippen LogP contribution in [0.15, 0.2) is 24.4 Å². The van der Waals surface area contributed by atoms with Gasteiger partial charge in [0.05, 0.1) is 28.6 Å². The molecular weight excluding hydrogens is 376 g/mol. The lowest BCUT2D eigenvalue weighted by molar-refractivity contribution is 0.407. The zero-order valence-corrected chi connectivity index (χ0v) is 18.1. The Morgan fingerprint density at radius 1 is 1.07 bits per heavy atom. The lowest BCUT2D eigenvalue weighted by Gasteiger charge is -2.37. The van der Waals surface area contributed by atoms with Crippen LogP contribution in [0.25, 0.3) is 16.4 Å². The Bertz CT molecular complexity index is 1230. The van der Waals surface area contributed by atoms with E-state index in [1.807, 2.05) is 30.6 Å². The van der Waals surface area contributed by atoms with E-state index in [1.54, 1.807) is 0 Å². The Morgan fingerprint density at radius 3 is 2.60 bits per heavy atom. The number of H-pyrrole nitrogens is 1. The number of piperazine rings is 1. The third-order valence-corrected chi connectivity index (χ3v) is 5.77. The Labute approximate surface area is 175 Å². The van der Waals surface area contributed by atoms with Crippen molar-refractivity contribution in [2.45, 2.75) is 46.7 Å². The average Bonchev–Trinajstić information content (AvgIpc) is 3.25. The molecule has 0 radical (unpaired) electrons. The summed E-state index contributed by atoms with van der Waals surface area (Å²) in [5.74, 6) is 1.55. The molecule has 0 saturated carbocycles. The molecule has 4 aromatic rings. The van der Waals surface area contributed by atoms with Gasteiger partial charge in [-0.15, -0.1) is 5.10 Å². The minimum Gasteiger partial charge on any atom is -0.368 e. The number of rotatable bonds is 3. The molecule has 8 heteroatoms. The zero-order chi connectivity index (χ0) is 21.0. The summed E-state index contributed by atoms with van der Waals surface area (Å²) in [4.78, 5) is 6.97. The third kappa shape index (κ3) is 3.27. The fraction of sp³-hybridized carbons (Fsp3) is 0.409. The fourth-order valence-corrected chi connectivity index (χ4v) is 4.63. The van der Waals surface area contributed by atoms with E-state index in [0.29, 0.717) is 12.1 Å². The van der Waals surface area contributed by atoms with E-state index < -0.39 is 0 Å². The van der Waals surface area contributed by atoms with Crippen molar-refractivity contribution in [2.75, 3.05) is 23.3 Å². The average molecular weight is 405 g/mol. The van der Waals surface area contributed by atoms with Crippen LogP contribution in [0.1, 0.15) is 30.8 Å². The van der Waals surface area contributed by atoms with Gasteiger partial charge in [0.2, 0.25) is 0 Å². The van der Waals surface area contributed by atoms with Crippen molar-refractivity contribution in [3.63, 3.8) is 0 Å². The molecule has 5 rings (SSSR count). The van der Waals surface area contributed by atoms with Crippen molar-refractivity contribution >= 4 is 33.7 Å². The van der Waals surface area contributed by atoms with Gasteiger partial charge in [0.25, 0.3) is 0 Å². The molecule has 4 heterocycles. The number of hydrogen-bond donors (Lipinski definition) is 3. The number of anilines is 3. The van der Waals surface area contributed by atoms with Gasteiger partial charge in [-0.05, 0) is 52.3 Å². The molecule has 1 saturated heterocycles. The van der Waals surface area contributed by atoms with Crippen molar-refractivity contribution in [2.24, 2.45) is 0 Å². The molecular formula is C22H28N8. The SMILES string of the molecule is Cc1cn2nc(Nc3n[nH]c4cc(N5C[C@@H](C)N[C@@H](C)C5)cc(C)c34)cc2c(C)n1. The zero-order valence-electron chi connectivity index (χ0n) is 18.1. The van der Waals surface area contributed by atoms with E-state index >= 15 is 0 Å². The molecule has 0 spiro atoms. The van der Waals surface area contributed by atoms with Crippen LogP contribution in [0.2, 0.25) is 0 Å². The first-order valence-corrected chi connectivity index (χ1v) is 10.5. The first kappa shape index (κ1) is 18.9. The molecule has 8 nitrogen and oxygen atoms in total. The normalized spacial score (nSPS) is 19.7. The Balaban J connectivity index is 1.48. The molecule has 0 amide bonds. The maximum atomic E-state index is 4.65. The molecule has 2 atom stereocenters. The molecule has 0 aliphatic carbocycles. The number of nitrogens with zero attached hydrogens (tertiary/aromatic N) is 5. The first-order valence-electron chi connectivity index (χ1n) is 10.5. The van der Waals surface area contributed by atoms with Gasteiger partial charge in [0.1, 0.15) is 0 Å². The van der Waals surface area contributed by atoms with Gasteiger partial charge in [-0.1, -0.05) is 0 Å². The summed E-state index contributed by atoms with van der Waals surface area (Å²) in [6.45, 7) is 12.6. The van der Waals surface area contributed by atoms with E-state index in [0.717, 1.165) is 52.5 Å². The van der Waals surface area contributed by atoms with Crippen LogP contribution in [0.4, 0.5) is 17.3 Å². The molecule has 0 bridgehead atoms. The van der Waals surface area contributed by atoms with Crippen molar-refractivity contribution < 1.29 is 0 Å². The van der Waals surface area contributed by atoms with Crippen molar-refractivity contribution in [3.8, 4) is 0 Å². The largest absolute Gasteiger partial charge is 0.368 e. The summed E-state index contributed by atoms with van der Waals surface area (Å²) >= 11 is 0. The number of nitrogens with one attached hydrogen (secondary N) is 3. The Hall–Kier alpha value is -3.13. The topological polar surface area (TPSA) is 86.2 Å². The van der Waals surface area contributed by atoms with Crippen LogP contribution >= 0.6 is 0 Å². The van der Waals surface area contributed by atoms with Gasteiger partial charge in [-0.2, -0.15) is 5.10 Å². The number of aromatic amines is 1. The van der Waals surface area contributed by atoms with E-state index in [-0.39, 0.29) is 0 Å². The summed E-state index contributed by atoms with van der Waals surface area (Å²) in [5, 5.41) is 20.5. The second-order valence-electron chi connectivity index (χ2n) is 8.58. The fourth-order valence-electron chi connectivity index (χ4n) is 4.63. The molecule has 1 aliphatic heterocycles. The number of aromatic nitrogens is 5. The van der Waals surface area contributed by atoms with E-state index in [1.165, 1.54) is 11.3 Å². The molecule has 3 aromatic heterocycles. The van der Waals surface area contributed by atoms with Crippen molar-refractivity contribution in [3.05, 3.63) is 41.3 Å². The Morgan fingerprint density at radius 2 is 1.83 bits per heavy atom. The molecule has 156 valence electrons. The predicted octanol–water partition coefficient (Wildman–Crippen LogP) is 3.46. The number of hydrogen-bond acceptors (Lipinski definition) is 6. The number of fused-ring (bicyclic) bond motifs is 2. The number of benzene rings is 1. The van der Waals surface area contributed by atoms with Gasteiger partial charge in [-0.3, -0.25) is 10.1 Å². The lowest BCUT2D eigenvalue weighted by atomic mass is 10.1. The van der Waals surface area contributed by atoms with Crippen LogP contribution in [-0.4, -0.2) is 50.0 Å². The van der Waals surface area contributed by atoms with Gasteiger partial charge < -0.3 is 15.5 Å². The summed E-state index contributed by atoms with van der Waals surface area (Å²) in [7, 11) is 0. The maximum absolute atomic E-state index is 4.65. The maximum Gasteiger partial charge on any atom is 0.161 e. The summed E-state index contributed by atoms with van der Waals surface area (Å²) < 4.78 is 1.87. The van der Waals surface area contributed by atoms with E-state index in [4.69, 9.17) is 0 Å². The highest BCUT2D eigenvalue weighted by atomic mass is 15.3. The number of aryl methyl sites for hydroxylation is 3. The predicted molar refractivity (Wildman–Crippen MR) is 121 cm³/mol. The van der Waals surface area contributed by atoms with Crippen LogP contribution in [-0.2, 0) is 0 Å². The second kappa shape index (κ2) is 6.98. The van der Waals surface area contributed by atoms with E-state index in [9.17, 15) is 0 Å². The smallest absolute Gasteiger partial charge is 0.161 e. The molecule has 1 fully saturated rings. The van der Waals surface area contributed by atoms with Gasteiger partial charge >= 0.3 is 0 Å². The first-order chi connectivity index (χ1) is 14.4. The van der Waals surface area contributed by atoms with Crippen LogP contribution in [0, 0.1) is 20.8 Å². The highest BCUT2D eigenvalue weighted by Crippen LogP contribution is 2.32. The van der Waals surface area contributed by atoms with E-state index in [2.05, 4.69) is 68.7 Å². The van der Waals surface area contributed by atoms with Gasteiger partial charge in [0, 0.05) is 42.3 Å². The quantitative estimate of drug-likeness (QED) is 0.485. The highest BCUT2D eigenvalue weighted by Gasteiger charge is 2.22. The van der Waals surface area contributed by atoms with Crippen LogP contribution in [0.5, 0.6) is 0 Å². The second-order valence-corrected chi connectivity index (χ2v) is 8.58. The molecule has 30 heavy (non-hydrogen) atoms. The molecule has 1 aromatic carbocycles. The van der Waals surface area contributed by atoms with Gasteiger partial charge in [0.15, 0.2) is 11.6 Å². The summed E-state index contributed by atoms with van der Waals surface area (Å²) in [5.41, 5.74) is 6.35. The standard InChI is InChI=1S/C22H28N8/c1-12-6-17(29-9-13(2)23-14(3)10-29)7-18-21(12)22(27-26-18)25-20-8-19-16(5)24-15(4)11-30(19)28-20/h6-8,11,13-14,23H,9-10H2,1-5H3,(H2,25,26,27,28)/t13-,14+. The minimum absolute atomic E-state index is 0.473. The summed E-state index contributed by atoms with van der Waals surface area (Å²) in [6.07, 6.45) is 1.93.